The molecule has 0 spiro atoms. The summed E-state index contributed by atoms with van der Waals surface area (Å²) < 4.78 is 28.1. The molecule has 0 aliphatic carbocycles. The fraction of sp³-hybridized carbons (Fsp3) is 0.200. The second-order valence-electron chi connectivity index (χ2n) is 8.23. The molecule has 1 aromatic heterocycles. The van der Waals surface area contributed by atoms with Gasteiger partial charge in [-0.25, -0.2) is 18.9 Å². The SMILES string of the molecule is C[C@H](NC(=O)c1ccc(F)c(F)c1)c1cn([C@@H](CC(=O)NO)Cc2ccc3ccccc3c2)nn1. The van der Waals surface area contributed by atoms with Crippen molar-refractivity contribution in [2.75, 3.05) is 0 Å². The highest BCUT2D eigenvalue weighted by molar-refractivity contribution is 5.94. The molecule has 0 aliphatic heterocycles. The van der Waals surface area contributed by atoms with Gasteiger partial charge in [0.05, 0.1) is 24.7 Å². The first kappa shape index (κ1) is 24.0. The van der Waals surface area contributed by atoms with Crippen molar-refractivity contribution in [1.29, 1.82) is 0 Å². The van der Waals surface area contributed by atoms with Gasteiger partial charge in [-0.3, -0.25) is 14.8 Å². The molecule has 4 rings (SSSR count). The Morgan fingerprint density at radius 2 is 1.80 bits per heavy atom. The molecule has 2 amide bonds. The Hall–Kier alpha value is -4.18. The van der Waals surface area contributed by atoms with Crippen molar-refractivity contribution in [2.45, 2.75) is 31.8 Å². The van der Waals surface area contributed by atoms with Crippen LogP contribution < -0.4 is 10.8 Å². The highest BCUT2D eigenvalue weighted by atomic mass is 19.2. The second-order valence-corrected chi connectivity index (χ2v) is 8.23. The van der Waals surface area contributed by atoms with Crippen LogP contribution in [0.5, 0.6) is 0 Å². The first-order chi connectivity index (χ1) is 16.8. The summed E-state index contributed by atoms with van der Waals surface area (Å²) in [6.45, 7) is 1.67. The summed E-state index contributed by atoms with van der Waals surface area (Å²) in [6, 6.07) is 15.7. The van der Waals surface area contributed by atoms with Gasteiger partial charge in [0.15, 0.2) is 11.6 Å². The molecule has 0 aliphatic rings. The highest BCUT2D eigenvalue weighted by Gasteiger charge is 2.21. The summed E-state index contributed by atoms with van der Waals surface area (Å²) in [5.74, 6) is -3.33. The van der Waals surface area contributed by atoms with Crippen molar-refractivity contribution in [2.24, 2.45) is 0 Å². The molecule has 10 heteroatoms. The maximum absolute atomic E-state index is 13.5. The minimum atomic E-state index is -1.12. The predicted octanol–water partition coefficient (Wildman–Crippen LogP) is 3.88. The summed E-state index contributed by atoms with van der Waals surface area (Å²) in [4.78, 5) is 24.4. The molecule has 3 N–H and O–H groups in total. The Labute approximate surface area is 199 Å². The van der Waals surface area contributed by atoms with Crippen LogP contribution in [0.4, 0.5) is 8.78 Å². The number of hydroxylamine groups is 1. The van der Waals surface area contributed by atoms with E-state index in [1.165, 1.54) is 10.7 Å². The molecule has 0 unspecified atom stereocenters. The van der Waals surface area contributed by atoms with Crippen molar-refractivity contribution in [3.8, 4) is 0 Å². The van der Waals surface area contributed by atoms with Crippen LogP contribution in [0.15, 0.2) is 66.9 Å². The quantitative estimate of drug-likeness (QED) is 0.263. The number of hydrogen-bond donors (Lipinski definition) is 3. The predicted molar refractivity (Wildman–Crippen MR) is 123 cm³/mol. The zero-order valence-electron chi connectivity index (χ0n) is 18.8. The van der Waals surface area contributed by atoms with Crippen LogP contribution in [-0.4, -0.2) is 32.0 Å². The summed E-state index contributed by atoms with van der Waals surface area (Å²) >= 11 is 0. The Balaban J connectivity index is 1.52. The van der Waals surface area contributed by atoms with Gasteiger partial charge in [0.1, 0.15) is 5.69 Å². The Kier molecular flexibility index (Phi) is 7.11. The monoisotopic (exact) mass is 479 g/mol. The number of aromatic nitrogens is 3. The van der Waals surface area contributed by atoms with Gasteiger partial charge in [-0.05, 0) is 47.9 Å². The molecule has 180 valence electrons. The third kappa shape index (κ3) is 5.67. The van der Waals surface area contributed by atoms with Crippen molar-refractivity contribution in [3.05, 3.63) is 95.3 Å². The largest absolute Gasteiger partial charge is 0.344 e. The van der Waals surface area contributed by atoms with E-state index in [1.807, 2.05) is 42.5 Å². The van der Waals surface area contributed by atoms with Crippen LogP contribution in [0.2, 0.25) is 0 Å². The fourth-order valence-electron chi connectivity index (χ4n) is 3.82. The second kappa shape index (κ2) is 10.4. The van der Waals surface area contributed by atoms with E-state index in [-0.39, 0.29) is 12.0 Å². The molecule has 0 fully saturated rings. The zero-order valence-corrected chi connectivity index (χ0v) is 18.8. The van der Waals surface area contributed by atoms with Crippen molar-refractivity contribution in [3.63, 3.8) is 0 Å². The van der Waals surface area contributed by atoms with Gasteiger partial charge < -0.3 is 5.32 Å². The summed E-state index contributed by atoms with van der Waals surface area (Å²) in [7, 11) is 0. The van der Waals surface area contributed by atoms with Gasteiger partial charge in [0.2, 0.25) is 5.91 Å². The van der Waals surface area contributed by atoms with Crippen LogP contribution in [0.25, 0.3) is 10.8 Å². The molecule has 2 atom stereocenters. The van der Waals surface area contributed by atoms with E-state index in [9.17, 15) is 18.4 Å². The standard InChI is InChI=1S/C25H23F2N5O3/c1-15(28-25(34)19-8-9-21(26)22(27)12-19)23-14-32(31-29-23)20(13-24(33)30-35)11-16-6-7-17-4-2-3-5-18(17)10-16/h2-10,12,14-15,20,35H,11,13H2,1H3,(H,28,34)(H,30,33)/t15-,20+/m0/s1. The molecule has 0 saturated carbocycles. The lowest BCUT2D eigenvalue weighted by Gasteiger charge is -2.17. The van der Waals surface area contributed by atoms with E-state index < -0.39 is 35.5 Å². The fourth-order valence-corrected chi connectivity index (χ4v) is 3.82. The van der Waals surface area contributed by atoms with Gasteiger partial charge in [0, 0.05) is 5.56 Å². The summed E-state index contributed by atoms with van der Waals surface area (Å²) in [5.41, 5.74) is 3.00. The number of nitrogens with one attached hydrogen (secondary N) is 2. The molecule has 8 nitrogen and oxygen atoms in total. The number of hydrogen-bond acceptors (Lipinski definition) is 5. The highest BCUT2D eigenvalue weighted by Crippen LogP contribution is 2.23. The number of amides is 2. The normalized spacial score (nSPS) is 12.8. The number of benzene rings is 3. The average Bonchev–Trinajstić information content (AvgIpc) is 3.35. The third-order valence-corrected chi connectivity index (χ3v) is 5.71. The molecule has 0 radical (unpaired) electrons. The first-order valence-corrected chi connectivity index (χ1v) is 10.9. The molecular formula is C25H23F2N5O3. The Bertz CT molecular complexity index is 1370. The van der Waals surface area contributed by atoms with E-state index in [4.69, 9.17) is 5.21 Å². The lowest BCUT2D eigenvalue weighted by atomic mass is 10.00. The third-order valence-electron chi connectivity index (χ3n) is 5.71. The topological polar surface area (TPSA) is 109 Å². The molecule has 1 heterocycles. The molecule has 35 heavy (non-hydrogen) atoms. The number of carbonyl (C=O) groups excluding carboxylic acids is 2. The van der Waals surface area contributed by atoms with E-state index in [1.54, 1.807) is 18.6 Å². The van der Waals surface area contributed by atoms with Gasteiger partial charge in [-0.15, -0.1) is 5.10 Å². The Morgan fingerprint density at radius 1 is 1.03 bits per heavy atom. The zero-order chi connectivity index (χ0) is 24.9. The smallest absolute Gasteiger partial charge is 0.251 e. The first-order valence-electron chi connectivity index (χ1n) is 10.9. The average molecular weight is 479 g/mol. The van der Waals surface area contributed by atoms with Crippen LogP contribution in [-0.2, 0) is 11.2 Å². The molecule has 3 aromatic carbocycles. The lowest BCUT2D eigenvalue weighted by Crippen LogP contribution is -2.27. The van der Waals surface area contributed by atoms with Crippen LogP contribution in [0, 0.1) is 11.6 Å². The number of nitrogens with zero attached hydrogens (tertiary/aromatic N) is 3. The summed E-state index contributed by atoms with van der Waals surface area (Å²) in [6.07, 6.45) is 1.99. The van der Waals surface area contributed by atoms with E-state index in [2.05, 4.69) is 15.6 Å². The van der Waals surface area contributed by atoms with Gasteiger partial charge >= 0.3 is 0 Å². The van der Waals surface area contributed by atoms with Crippen molar-refractivity contribution < 1.29 is 23.6 Å². The minimum Gasteiger partial charge on any atom is -0.344 e. The van der Waals surface area contributed by atoms with Crippen LogP contribution in [0.3, 0.4) is 0 Å². The number of fused-ring (bicyclic) bond motifs is 1. The lowest BCUT2D eigenvalue weighted by molar-refractivity contribution is -0.130. The van der Waals surface area contributed by atoms with E-state index in [0.717, 1.165) is 28.5 Å². The van der Waals surface area contributed by atoms with Gasteiger partial charge in [-0.1, -0.05) is 47.7 Å². The van der Waals surface area contributed by atoms with E-state index >= 15 is 0 Å². The molecule has 0 bridgehead atoms. The number of halogens is 2. The Morgan fingerprint density at radius 3 is 2.54 bits per heavy atom. The molecular weight excluding hydrogens is 456 g/mol. The van der Waals surface area contributed by atoms with Crippen molar-refractivity contribution in [1.82, 2.24) is 25.8 Å². The van der Waals surface area contributed by atoms with Gasteiger partial charge in [0.25, 0.3) is 5.91 Å². The molecule has 4 aromatic rings. The summed E-state index contributed by atoms with van der Waals surface area (Å²) in [5, 5.41) is 22.1. The number of carbonyl (C=O) groups is 2. The maximum atomic E-state index is 13.5. The van der Waals surface area contributed by atoms with Gasteiger partial charge in [-0.2, -0.15) is 0 Å². The maximum Gasteiger partial charge on any atom is 0.251 e. The van der Waals surface area contributed by atoms with Crippen LogP contribution in [0.1, 0.15) is 47.0 Å². The van der Waals surface area contributed by atoms with E-state index in [0.29, 0.717) is 12.1 Å². The molecule has 0 saturated heterocycles. The van der Waals surface area contributed by atoms with Crippen LogP contribution >= 0.6 is 0 Å². The number of rotatable bonds is 8. The van der Waals surface area contributed by atoms with Crippen molar-refractivity contribution >= 4 is 22.6 Å². The minimum absolute atomic E-state index is 0.0306.